The summed E-state index contributed by atoms with van der Waals surface area (Å²) in [5, 5.41) is 5.53. The Morgan fingerprint density at radius 2 is 1.69 bits per heavy atom. The predicted octanol–water partition coefficient (Wildman–Crippen LogP) is 1.59. The van der Waals surface area contributed by atoms with Gasteiger partial charge in [-0.25, -0.2) is 0 Å². The second-order valence-corrected chi connectivity index (χ2v) is 6.99. The van der Waals surface area contributed by atoms with Gasteiger partial charge in [0, 0.05) is 24.8 Å². The number of nitrogens with one attached hydrogen (secondary N) is 2. The van der Waals surface area contributed by atoms with Crippen LogP contribution in [-0.4, -0.2) is 56.1 Å². The maximum Gasteiger partial charge on any atom is 0.239 e. The van der Waals surface area contributed by atoms with Crippen LogP contribution >= 0.6 is 0 Å². The van der Waals surface area contributed by atoms with Crippen molar-refractivity contribution in [2.45, 2.75) is 71.4 Å². The van der Waals surface area contributed by atoms with Crippen LogP contribution in [0.15, 0.2) is 0 Å². The number of carbonyl (C=O) groups excluding carboxylic acids is 3. The Morgan fingerprint density at radius 1 is 1.00 bits per heavy atom. The van der Waals surface area contributed by atoms with Crippen LogP contribution in [0.4, 0.5) is 0 Å². The van der Waals surface area contributed by atoms with E-state index in [1.807, 2.05) is 20.8 Å². The van der Waals surface area contributed by atoms with E-state index in [9.17, 15) is 14.4 Å². The van der Waals surface area contributed by atoms with Crippen LogP contribution in [0, 0.1) is 5.92 Å². The van der Waals surface area contributed by atoms with Gasteiger partial charge in [-0.05, 0) is 39.5 Å². The van der Waals surface area contributed by atoms with Crippen molar-refractivity contribution >= 4 is 17.6 Å². The molecule has 0 aromatic heterocycles. The third-order valence-electron chi connectivity index (χ3n) is 4.49. The average molecular weight is 370 g/mol. The number of ether oxygens (including phenoxy) is 2. The highest BCUT2D eigenvalue weighted by atomic mass is 16.5. The predicted molar refractivity (Wildman–Crippen MR) is 98.7 cm³/mol. The molecule has 0 heterocycles. The fourth-order valence-electron chi connectivity index (χ4n) is 3.00. The van der Waals surface area contributed by atoms with Crippen molar-refractivity contribution < 1.29 is 23.9 Å². The molecular formula is C19H34N2O5. The lowest BCUT2D eigenvalue weighted by molar-refractivity contribution is -0.127. The van der Waals surface area contributed by atoms with Gasteiger partial charge in [0.05, 0.1) is 32.5 Å². The molecule has 0 unspecified atom stereocenters. The standard InChI is InChI=1S/C19H34N2O5/c1-4-17(22)15-5-7-16(8-6-15)21-19(24)13-20-18(23)9-10-25-11-12-26-14(2)3/h14-16H,4-13H2,1-3H3,(H,20,23)(H,21,24). The summed E-state index contributed by atoms with van der Waals surface area (Å²) >= 11 is 0. The lowest BCUT2D eigenvalue weighted by Crippen LogP contribution is -2.43. The van der Waals surface area contributed by atoms with Gasteiger partial charge in [-0.15, -0.1) is 0 Å². The van der Waals surface area contributed by atoms with E-state index in [1.165, 1.54) is 0 Å². The molecule has 0 aromatic rings. The number of amides is 2. The molecule has 0 aromatic carbocycles. The summed E-state index contributed by atoms with van der Waals surface area (Å²) in [6, 6.07) is 0.101. The van der Waals surface area contributed by atoms with Crippen molar-refractivity contribution in [1.82, 2.24) is 10.6 Å². The molecule has 0 atom stereocenters. The minimum Gasteiger partial charge on any atom is -0.379 e. The summed E-state index contributed by atoms with van der Waals surface area (Å²) in [5.74, 6) is 0.0795. The Hall–Kier alpha value is -1.47. The summed E-state index contributed by atoms with van der Waals surface area (Å²) in [6.45, 7) is 7.05. The first-order valence-electron chi connectivity index (χ1n) is 9.70. The highest BCUT2D eigenvalue weighted by Crippen LogP contribution is 2.25. The van der Waals surface area contributed by atoms with E-state index >= 15 is 0 Å². The van der Waals surface area contributed by atoms with Crippen molar-refractivity contribution in [3.8, 4) is 0 Å². The third-order valence-corrected chi connectivity index (χ3v) is 4.49. The van der Waals surface area contributed by atoms with Gasteiger partial charge in [0.1, 0.15) is 5.78 Å². The molecular weight excluding hydrogens is 336 g/mol. The van der Waals surface area contributed by atoms with Gasteiger partial charge in [0.15, 0.2) is 0 Å². The topological polar surface area (TPSA) is 93.7 Å². The zero-order chi connectivity index (χ0) is 19.4. The Bertz CT molecular complexity index is 445. The van der Waals surface area contributed by atoms with E-state index in [-0.39, 0.29) is 42.8 Å². The smallest absolute Gasteiger partial charge is 0.239 e. The van der Waals surface area contributed by atoms with E-state index in [2.05, 4.69) is 10.6 Å². The molecule has 1 rings (SSSR count). The molecule has 0 saturated heterocycles. The quantitative estimate of drug-likeness (QED) is 0.509. The summed E-state index contributed by atoms with van der Waals surface area (Å²) in [6.07, 6.45) is 4.29. The molecule has 0 radical (unpaired) electrons. The van der Waals surface area contributed by atoms with E-state index in [0.717, 1.165) is 25.7 Å². The van der Waals surface area contributed by atoms with Gasteiger partial charge in [0.2, 0.25) is 11.8 Å². The second kappa shape index (κ2) is 12.8. The lowest BCUT2D eigenvalue weighted by atomic mass is 9.83. The zero-order valence-corrected chi connectivity index (χ0v) is 16.3. The van der Waals surface area contributed by atoms with Crippen molar-refractivity contribution in [2.24, 2.45) is 5.92 Å². The zero-order valence-electron chi connectivity index (χ0n) is 16.3. The number of ketones is 1. The third kappa shape index (κ3) is 9.87. The van der Waals surface area contributed by atoms with Crippen molar-refractivity contribution in [2.75, 3.05) is 26.4 Å². The molecule has 7 nitrogen and oxygen atoms in total. The van der Waals surface area contributed by atoms with Gasteiger partial charge in [-0.2, -0.15) is 0 Å². The Balaban J connectivity index is 2.06. The highest BCUT2D eigenvalue weighted by Gasteiger charge is 2.25. The van der Waals surface area contributed by atoms with Crippen molar-refractivity contribution in [1.29, 1.82) is 0 Å². The molecule has 150 valence electrons. The van der Waals surface area contributed by atoms with Crippen LogP contribution < -0.4 is 10.6 Å². The van der Waals surface area contributed by atoms with Gasteiger partial charge >= 0.3 is 0 Å². The van der Waals surface area contributed by atoms with Crippen LogP contribution in [0.25, 0.3) is 0 Å². The number of carbonyl (C=O) groups is 3. The summed E-state index contributed by atoms with van der Waals surface area (Å²) < 4.78 is 10.6. The second-order valence-electron chi connectivity index (χ2n) is 6.99. The van der Waals surface area contributed by atoms with Crippen LogP contribution in [0.2, 0.25) is 0 Å². The fourth-order valence-corrected chi connectivity index (χ4v) is 3.00. The number of Topliss-reactive ketones (excluding diaryl/α,β-unsaturated/α-hetero) is 1. The normalized spacial score (nSPS) is 20.0. The molecule has 0 aliphatic heterocycles. The molecule has 1 aliphatic carbocycles. The van der Waals surface area contributed by atoms with Crippen LogP contribution in [0.3, 0.4) is 0 Å². The molecule has 7 heteroatoms. The van der Waals surface area contributed by atoms with E-state index in [1.54, 1.807) is 0 Å². The Labute approximate surface area is 156 Å². The van der Waals surface area contributed by atoms with Crippen molar-refractivity contribution in [3.05, 3.63) is 0 Å². The SMILES string of the molecule is CCC(=O)C1CCC(NC(=O)CNC(=O)CCOCCOC(C)C)CC1. The molecule has 0 spiro atoms. The molecule has 2 N–H and O–H groups in total. The first-order valence-corrected chi connectivity index (χ1v) is 9.70. The largest absolute Gasteiger partial charge is 0.379 e. The lowest BCUT2D eigenvalue weighted by Gasteiger charge is -2.28. The molecule has 2 amide bonds. The molecule has 1 fully saturated rings. The van der Waals surface area contributed by atoms with Crippen LogP contribution in [-0.2, 0) is 23.9 Å². The molecule has 0 bridgehead atoms. The number of hydrogen-bond acceptors (Lipinski definition) is 5. The summed E-state index contributed by atoms with van der Waals surface area (Å²) in [4.78, 5) is 35.3. The van der Waals surface area contributed by atoms with E-state index in [4.69, 9.17) is 9.47 Å². The van der Waals surface area contributed by atoms with Crippen molar-refractivity contribution in [3.63, 3.8) is 0 Å². The van der Waals surface area contributed by atoms with Crippen LogP contribution in [0.5, 0.6) is 0 Å². The van der Waals surface area contributed by atoms with Gasteiger partial charge in [-0.1, -0.05) is 6.92 Å². The van der Waals surface area contributed by atoms with Gasteiger partial charge in [-0.3, -0.25) is 14.4 Å². The Kier molecular flexibility index (Phi) is 11.1. The van der Waals surface area contributed by atoms with Gasteiger partial charge < -0.3 is 20.1 Å². The Morgan fingerprint density at radius 3 is 2.31 bits per heavy atom. The fraction of sp³-hybridized carbons (Fsp3) is 0.842. The van der Waals surface area contributed by atoms with Crippen LogP contribution in [0.1, 0.15) is 59.3 Å². The minimum atomic E-state index is -0.206. The first kappa shape index (κ1) is 22.6. The summed E-state index contributed by atoms with van der Waals surface area (Å²) in [7, 11) is 0. The van der Waals surface area contributed by atoms with E-state index in [0.29, 0.717) is 32.0 Å². The maximum absolute atomic E-state index is 11.9. The molecule has 1 aliphatic rings. The first-order chi connectivity index (χ1) is 12.4. The van der Waals surface area contributed by atoms with E-state index < -0.39 is 0 Å². The minimum absolute atomic E-state index is 0.0247. The maximum atomic E-state index is 11.9. The monoisotopic (exact) mass is 370 g/mol. The summed E-state index contributed by atoms with van der Waals surface area (Å²) in [5.41, 5.74) is 0. The molecule has 1 saturated carbocycles. The average Bonchev–Trinajstić information content (AvgIpc) is 2.62. The van der Waals surface area contributed by atoms with Gasteiger partial charge in [0.25, 0.3) is 0 Å². The molecule has 26 heavy (non-hydrogen) atoms. The number of hydrogen-bond donors (Lipinski definition) is 2. The number of rotatable bonds is 12. The highest BCUT2D eigenvalue weighted by molar-refractivity contribution is 5.85.